The Hall–Kier alpha value is -2.90. The molecule has 0 saturated carbocycles. The van der Waals surface area contributed by atoms with Crippen LogP contribution in [0.1, 0.15) is 22.8 Å². The summed E-state index contributed by atoms with van der Waals surface area (Å²) in [4.78, 5) is 22.2. The van der Waals surface area contributed by atoms with Crippen LogP contribution >= 0.6 is 0 Å². The minimum Gasteiger partial charge on any atom is -0.462 e. The summed E-state index contributed by atoms with van der Waals surface area (Å²) in [7, 11) is 0. The van der Waals surface area contributed by atoms with E-state index in [2.05, 4.69) is 0 Å². The SMILES string of the molecule is CCOC(=O)c1ccc([N+](=O)[O-])cc1-c1ccccc1C(F)(F)F. The average Bonchev–Trinajstić information content (AvgIpc) is 2.53. The van der Waals surface area contributed by atoms with Gasteiger partial charge < -0.3 is 4.74 Å². The maximum absolute atomic E-state index is 13.2. The molecule has 0 aromatic heterocycles. The number of carbonyl (C=O) groups is 1. The van der Waals surface area contributed by atoms with Crippen LogP contribution in [0, 0.1) is 10.1 Å². The second kappa shape index (κ2) is 6.69. The normalized spacial score (nSPS) is 11.2. The smallest absolute Gasteiger partial charge is 0.417 e. The van der Waals surface area contributed by atoms with Gasteiger partial charge in [0.1, 0.15) is 0 Å². The largest absolute Gasteiger partial charge is 0.462 e. The molecule has 0 unspecified atom stereocenters. The number of ether oxygens (including phenoxy) is 1. The highest BCUT2D eigenvalue weighted by Gasteiger charge is 2.34. The Bertz CT molecular complexity index is 787. The maximum atomic E-state index is 13.2. The number of rotatable bonds is 4. The Kier molecular flexibility index (Phi) is 4.87. The van der Waals surface area contributed by atoms with Crippen molar-refractivity contribution < 1.29 is 27.6 Å². The summed E-state index contributed by atoms with van der Waals surface area (Å²) in [5.41, 5.74) is -2.10. The van der Waals surface area contributed by atoms with E-state index >= 15 is 0 Å². The van der Waals surface area contributed by atoms with E-state index in [1.54, 1.807) is 6.92 Å². The van der Waals surface area contributed by atoms with E-state index in [1.807, 2.05) is 0 Å². The highest BCUT2D eigenvalue weighted by molar-refractivity contribution is 5.98. The molecule has 0 heterocycles. The number of carbonyl (C=O) groups excluding carboxylic acids is 1. The molecule has 0 spiro atoms. The molecule has 0 aliphatic carbocycles. The fourth-order valence-electron chi connectivity index (χ4n) is 2.22. The Morgan fingerprint density at radius 3 is 2.42 bits per heavy atom. The van der Waals surface area contributed by atoms with Crippen LogP contribution in [0.5, 0.6) is 0 Å². The van der Waals surface area contributed by atoms with Crippen LogP contribution in [0.4, 0.5) is 18.9 Å². The van der Waals surface area contributed by atoms with Gasteiger partial charge in [-0.25, -0.2) is 4.79 Å². The number of nitro groups is 1. The summed E-state index contributed by atoms with van der Waals surface area (Å²) in [5, 5.41) is 10.9. The van der Waals surface area contributed by atoms with Gasteiger partial charge in [-0.05, 0) is 24.6 Å². The van der Waals surface area contributed by atoms with Gasteiger partial charge in [0, 0.05) is 17.7 Å². The standard InChI is InChI=1S/C16H12F3NO4/c1-2-24-15(21)12-8-7-10(20(22)23)9-13(12)11-5-3-4-6-14(11)16(17,18)19/h3-9H,2H2,1H3. The van der Waals surface area contributed by atoms with Gasteiger partial charge in [-0.15, -0.1) is 0 Å². The summed E-state index contributed by atoms with van der Waals surface area (Å²) >= 11 is 0. The molecule has 24 heavy (non-hydrogen) atoms. The van der Waals surface area contributed by atoms with Gasteiger partial charge in [0.15, 0.2) is 0 Å². The zero-order valence-electron chi connectivity index (χ0n) is 12.5. The van der Waals surface area contributed by atoms with Crippen molar-refractivity contribution in [2.45, 2.75) is 13.1 Å². The van der Waals surface area contributed by atoms with Gasteiger partial charge in [0.05, 0.1) is 22.7 Å². The molecule has 0 bridgehead atoms. The molecule has 2 aromatic rings. The lowest BCUT2D eigenvalue weighted by Crippen LogP contribution is -2.11. The molecule has 5 nitrogen and oxygen atoms in total. The minimum absolute atomic E-state index is 0.0240. The van der Waals surface area contributed by atoms with Gasteiger partial charge >= 0.3 is 12.1 Å². The van der Waals surface area contributed by atoms with Gasteiger partial charge in [0.2, 0.25) is 0 Å². The van der Waals surface area contributed by atoms with Gasteiger partial charge in [0.25, 0.3) is 5.69 Å². The first-order chi connectivity index (χ1) is 11.3. The fourth-order valence-corrected chi connectivity index (χ4v) is 2.22. The number of nitrogens with zero attached hydrogens (tertiary/aromatic N) is 1. The zero-order chi connectivity index (χ0) is 17.9. The van der Waals surface area contributed by atoms with Crippen molar-refractivity contribution in [3.63, 3.8) is 0 Å². The quantitative estimate of drug-likeness (QED) is 0.468. The predicted octanol–water partition coefficient (Wildman–Crippen LogP) is 4.46. The lowest BCUT2D eigenvalue weighted by molar-refractivity contribution is -0.384. The number of non-ortho nitro benzene ring substituents is 1. The van der Waals surface area contributed by atoms with Crippen LogP contribution in [-0.4, -0.2) is 17.5 Å². The van der Waals surface area contributed by atoms with Crippen molar-refractivity contribution in [1.29, 1.82) is 0 Å². The van der Waals surface area contributed by atoms with E-state index in [4.69, 9.17) is 4.74 Å². The Morgan fingerprint density at radius 1 is 1.17 bits per heavy atom. The molecular formula is C16H12F3NO4. The number of benzene rings is 2. The van der Waals surface area contributed by atoms with Crippen LogP contribution in [0.15, 0.2) is 42.5 Å². The Labute approximate surface area is 134 Å². The van der Waals surface area contributed by atoms with Crippen LogP contribution in [0.3, 0.4) is 0 Å². The highest BCUT2D eigenvalue weighted by atomic mass is 19.4. The first-order valence-electron chi connectivity index (χ1n) is 6.88. The average molecular weight is 339 g/mol. The summed E-state index contributed by atoms with van der Waals surface area (Å²) in [6.45, 7) is 1.57. The molecule has 0 atom stereocenters. The molecule has 2 aromatic carbocycles. The first-order valence-corrected chi connectivity index (χ1v) is 6.88. The molecular weight excluding hydrogens is 327 g/mol. The second-order valence-corrected chi connectivity index (χ2v) is 4.75. The molecule has 8 heteroatoms. The monoisotopic (exact) mass is 339 g/mol. The van der Waals surface area contributed by atoms with Crippen molar-refractivity contribution in [2.75, 3.05) is 6.61 Å². The third-order valence-corrected chi connectivity index (χ3v) is 3.23. The number of nitro benzene ring substituents is 1. The van der Waals surface area contributed by atoms with E-state index in [1.165, 1.54) is 12.1 Å². The van der Waals surface area contributed by atoms with Crippen LogP contribution in [-0.2, 0) is 10.9 Å². The predicted molar refractivity (Wildman–Crippen MR) is 79.5 cm³/mol. The van der Waals surface area contributed by atoms with Gasteiger partial charge in [-0.3, -0.25) is 10.1 Å². The fraction of sp³-hybridized carbons (Fsp3) is 0.188. The molecule has 0 aliphatic heterocycles. The molecule has 0 saturated heterocycles. The molecule has 126 valence electrons. The molecule has 0 N–H and O–H groups in total. The summed E-state index contributed by atoms with van der Waals surface area (Å²) < 4.78 is 44.5. The van der Waals surface area contributed by atoms with Gasteiger partial charge in [-0.1, -0.05) is 18.2 Å². The minimum atomic E-state index is -4.67. The van der Waals surface area contributed by atoms with Gasteiger partial charge in [-0.2, -0.15) is 13.2 Å². The van der Waals surface area contributed by atoms with Crippen molar-refractivity contribution in [3.05, 3.63) is 63.7 Å². The third-order valence-electron chi connectivity index (χ3n) is 3.23. The summed E-state index contributed by atoms with van der Waals surface area (Å²) in [5.74, 6) is -0.848. The van der Waals surface area contributed by atoms with Crippen molar-refractivity contribution in [3.8, 4) is 11.1 Å². The van der Waals surface area contributed by atoms with Crippen molar-refractivity contribution in [2.24, 2.45) is 0 Å². The first kappa shape index (κ1) is 17.5. The number of hydrogen-bond donors (Lipinski definition) is 0. The van der Waals surface area contributed by atoms with Crippen LogP contribution in [0.25, 0.3) is 11.1 Å². The van der Waals surface area contributed by atoms with Crippen molar-refractivity contribution in [1.82, 2.24) is 0 Å². The number of halogens is 3. The molecule has 0 radical (unpaired) electrons. The lowest BCUT2D eigenvalue weighted by atomic mass is 9.94. The number of esters is 1. The van der Waals surface area contributed by atoms with E-state index in [0.29, 0.717) is 0 Å². The van der Waals surface area contributed by atoms with Crippen LogP contribution < -0.4 is 0 Å². The van der Waals surface area contributed by atoms with E-state index in [-0.39, 0.29) is 23.3 Å². The summed E-state index contributed by atoms with van der Waals surface area (Å²) in [6, 6.07) is 7.65. The summed E-state index contributed by atoms with van der Waals surface area (Å²) in [6.07, 6.45) is -4.67. The maximum Gasteiger partial charge on any atom is 0.417 e. The van der Waals surface area contributed by atoms with E-state index in [0.717, 1.165) is 30.3 Å². The second-order valence-electron chi connectivity index (χ2n) is 4.75. The van der Waals surface area contributed by atoms with Crippen LogP contribution in [0.2, 0.25) is 0 Å². The molecule has 2 rings (SSSR count). The van der Waals surface area contributed by atoms with E-state index < -0.39 is 28.3 Å². The lowest BCUT2D eigenvalue weighted by Gasteiger charge is -2.15. The highest BCUT2D eigenvalue weighted by Crippen LogP contribution is 2.39. The number of alkyl halides is 3. The molecule has 0 fully saturated rings. The molecule has 0 amide bonds. The number of hydrogen-bond acceptors (Lipinski definition) is 4. The van der Waals surface area contributed by atoms with Crippen molar-refractivity contribution >= 4 is 11.7 Å². The zero-order valence-corrected chi connectivity index (χ0v) is 12.5. The Balaban J connectivity index is 2.74. The Morgan fingerprint density at radius 2 is 1.83 bits per heavy atom. The van der Waals surface area contributed by atoms with E-state index in [9.17, 15) is 28.1 Å². The topological polar surface area (TPSA) is 69.4 Å². The third kappa shape index (κ3) is 3.53. The molecule has 0 aliphatic rings.